The van der Waals surface area contributed by atoms with Gasteiger partial charge in [-0.25, -0.2) is 4.79 Å². The number of hydrogen-bond acceptors (Lipinski definition) is 4. The molecule has 22 heavy (non-hydrogen) atoms. The first-order chi connectivity index (χ1) is 10.6. The lowest BCUT2D eigenvalue weighted by Gasteiger charge is -2.28. The summed E-state index contributed by atoms with van der Waals surface area (Å²) >= 11 is 0. The van der Waals surface area contributed by atoms with Crippen molar-refractivity contribution in [3.8, 4) is 5.75 Å². The minimum Gasteiger partial charge on any atom is -0.534 e. The number of fused-ring (bicyclic) bond motifs is 1. The molecule has 0 amide bonds. The number of aromatic carboxylic acids is 1. The number of carbonyl (C=O) groups is 1. The molecule has 0 saturated carbocycles. The van der Waals surface area contributed by atoms with Crippen LogP contribution in [-0.2, 0) is 17.8 Å². The Morgan fingerprint density at radius 2 is 2.00 bits per heavy atom. The van der Waals surface area contributed by atoms with Crippen LogP contribution >= 0.6 is 0 Å². The van der Waals surface area contributed by atoms with E-state index in [-0.39, 0.29) is 11.3 Å². The third-order valence-corrected chi connectivity index (χ3v) is 3.61. The highest BCUT2D eigenvalue weighted by Gasteiger charge is 2.37. The molecule has 0 aromatic heterocycles. The van der Waals surface area contributed by atoms with Gasteiger partial charge in [-0.2, -0.15) is 0 Å². The molecule has 3 rings (SSSR count). The van der Waals surface area contributed by atoms with Gasteiger partial charge in [-0.1, -0.05) is 42.5 Å². The maximum atomic E-state index is 11.2. The van der Waals surface area contributed by atoms with Crippen LogP contribution in [0.1, 0.15) is 21.5 Å². The highest BCUT2D eigenvalue weighted by atomic mass is 16.6. The maximum absolute atomic E-state index is 11.2. The van der Waals surface area contributed by atoms with Crippen molar-refractivity contribution in [2.45, 2.75) is 19.0 Å². The van der Waals surface area contributed by atoms with E-state index in [0.29, 0.717) is 13.0 Å². The molecule has 0 unspecified atom stereocenters. The minimum atomic E-state index is -1.18. The second kappa shape index (κ2) is 6.21. The first kappa shape index (κ1) is 14.6. The quantitative estimate of drug-likeness (QED) is 0.843. The van der Waals surface area contributed by atoms with Crippen LogP contribution in [0.5, 0.6) is 5.75 Å². The fourth-order valence-electron chi connectivity index (χ4n) is 2.49. The predicted molar refractivity (Wildman–Crippen MR) is 80.7 cm³/mol. The molecule has 2 aromatic rings. The third kappa shape index (κ3) is 2.98. The fraction of sp³-hybridized carbons (Fsp3) is 0.188. The zero-order chi connectivity index (χ0) is 15.5. The predicted octanol–water partition coefficient (Wildman–Crippen LogP) is 1.92. The summed E-state index contributed by atoms with van der Waals surface area (Å²) in [4.78, 5) is 11.2. The summed E-state index contributed by atoms with van der Waals surface area (Å²) in [7, 11) is -1.18. The molecule has 6 heteroatoms. The van der Waals surface area contributed by atoms with Gasteiger partial charge in [0.2, 0.25) is 0 Å². The summed E-state index contributed by atoms with van der Waals surface area (Å²) in [5.41, 5.74) is 1.78. The SMILES string of the molecule is O=C(O)c1cccc2c1OB(O)[C@@H](OCc1ccccc1)C2. The van der Waals surface area contributed by atoms with Crippen molar-refractivity contribution in [3.63, 3.8) is 0 Å². The molecule has 0 saturated heterocycles. The monoisotopic (exact) mass is 298 g/mol. The van der Waals surface area contributed by atoms with Gasteiger partial charge in [0.05, 0.1) is 12.2 Å². The van der Waals surface area contributed by atoms with Gasteiger partial charge in [0.1, 0.15) is 11.8 Å². The molecule has 1 aliphatic rings. The van der Waals surface area contributed by atoms with Crippen LogP contribution in [0.25, 0.3) is 0 Å². The van der Waals surface area contributed by atoms with Crippen molar-refractivity contribution in [2.24, 2.45) is 0 Å². The molecular weight excluding hydrogens is 283 g/mol. The van der Waals surface area contributed by atoms with E-state index < -0.39 is 19.1 Å². The van der Waals surface area contributed by atoms with Crippen molar-refractivity contribution < 1.29 is 24.3 Å². The smallest absolute Gasteiger partial charge is 0.534 e. The first-order valence-electron chi connectivity index (χ1n) is 7.00. The Balaban J connectivity index is 1.74. The highest BCUT2D eigenvalue weighted by Crippen LogP contribution is 2.31. The van der Waals surface area contributed by atoms with E-state index in [2.05, 4.69) is 0 Å². The Kier molecular flexibility index (Phi) is 4.13. The van der Waals surface area contributed by atoms with E-state index in [1.54, 1.807) is 12.1 Å². The Bertz CT molecular complexity index is 673. The number of hydrogen-bond donors (Lipinski definition) is 2. The van der Waals surface area contributed by atoms with Crippen LogP contribution in [0.2, 0.25) is 0 Å². The van der Waals surface area contributed by atoms with Gasteiger partial charge in [-0.05, 0) is 17.2 Å². The van der Waals surface area contributed by atoms with Crippen molar-refractivity contribution >= 4 is 13.1 Å². The van der Waals surface area contributed by atoms with E-state index in [4.69, 9.17) is 14.5 Å². The van der Waals surface area contributed by atoms with E-state index in [1.165, 1.54) is 6.07 Å². The molecule has 112 valence electrons. The minimum absolute atomic E-state index is 0.0538. The summed E-state index contributed by atoms with van der Waals surface area (Å²) in [6, 6.07) is 14.0. The average Bonchev–Trinajstić information content (AvgIpc) is 2.53. The molecule has 0 bridgehead atoms. The van der Waals surface area contributed by atoms with E-state index in [0.717, 1.165) is 11.1 Å². The first-order valence-corrected chi connectivity index (χ1v) is 7.00. The largest absolute Gasteiger partial charge is 0.554 e. The topological polar surface area (TPSA) is 76.0 Å². The number of para-hydroxylation sites is 1. The summed E-state index contributed by atoms with van der Waals surface area (Å²) in [5, 5.41) is 19.2. The standard InChI is InChI=1S/C16H15BO5/c18-16(19)13-8-4-7-12-9-14(17(20)22-15(12)13)21-10-11-5-2-1-3-6-11/h1-8,14,20H,9-10H2,(H,18,19)/t14-/m0/s1. The molecular formula is C16H15BO5. The van der Waals surface area contributed by atoms with Crippen LogP contribution in [0.4, 0.5) is 0 Å². The van der Waals surface area contributed by atoms with Gasteiger partial charge in [0, 0.05) is 6.42 Å². The zero-order valence-corrected chi connectivity index (χ0v) is 11.8. The van der Waals surface area contributed by atoms with E-state index in [1.807, 2.05) is 30.3 Å². The van der Waals surface area contributed by atoms with Gasteiger partial charge in [-0.15, -0.1) is 0 Å². The highest BCUT2D eigenvalue weighted by molar-refractivity contribution is 6.46. The Labute approximate surface area is 128 Å². The van der Waals surface area contributed by atoms with Gasteiger partial charge in [0.25, 0.3) is 0 Å². The lowest BCUT2D eigenvalue weighted by Crippen LogP contribution is -2.44. The van der Waals surface area contributed by atoms with Crippen LogP contribution in [0, 0.1) is 0 Å². The molecule has 1 aliphatic heterocycles. The van der Waals surface area contributed by atoms with Crippen LogP contribution in [-0.4, -0.2) is 29.2 Å². The molecule has 5 nitrogen and oxygen atoms in total. The maximum Gasteiger partial charge on any atom is 0.554 e. The van der Waals surface area contributed by atoms with Crippen molar-refractivity contribution in [2.75, 3.05) is 0 Å². The summed E-state index contributed by atoms with van der Waals surface area (Å²) in [6.07, 6.45) is 0.407. The summed E-state index contributed by atoms with van der Waals surface area (Å²) in [6.45, 7) is 0.361. The molecule has 0 radical (unpaired) electrons. The van der Waals surface area contributed by atoms with Gasteiger partial charge in [0.15, 0.2) is 0 Å². The van der Waals surface area contributed by atoms with Crippen molar-refractivity contribution in [1.29, 1.82) is 0 Å². The average molecular weight is 298 g/mol. The second-order valence-corrected chi connectivity index (χ2v) is 5.15. The molecule has 0 aliphatic carbocycles. The Morgan fingerprint density at radius 1 is 1.23 bits per heavy atom. The molecule has 0 fully saturated rings. The lowest BCUT2D eigenvalue weighted by atomic mass is 9.74. The normalized spacial score (nSPS) is 16.8. The lowest BCUT2D eigenvalue weighted by molar-refractivity contribution is 0.0628. The van der Waals surface area contributed by atoms with Gasteiger partial charge < -0.3 is 19.5 Å². The van der Waals surface area contributed by atoms with E-state index in [9.17, 15) is 9.82 Å². The van der Waals surface area contributed by atoms with Crippen LogP contribution < -0.4 is 4.65 Å². The fourth-order valence-corrected chi connectivity index (χ4v) is 2.49. The molecule has 0 spiro atoms. The van der Waals surface area contributed by atoms with Gasteiger partial charge >= 0.3 is 13.1 Å². The number of benzene rings is 2. The second-order valence-electron chi connectivity index (χ2n) is 5.15. The van der Waals surface area contributed by atoms with Gasteiger partial charge in [-0.3, -0.25) is 0 Å². The number of carboxylic acid groups (broad SMARTS) is 1. The summed E-state index contributed by atoms with van der Waals surface area (Å²) in [5.74, 6) is -0.852. The van der Waals surface area contributed by atoms with Crippen LogP contribution in [0.15, 0.2) is 48.5 Å². The molecule has 2 N–H and O–H groups in total. The Morgan fingerprint density at radius 3 is 2.73 bits per heavy atom. The Hall–Kier alpha value is -2.31. The molecule has 1 heterocycles. The van der Waals surface area contributed by atoms with Crippen molar-refractivity contribution in [1.82, 2.24) is 0 Å². The number of carboxylic acids is 1. The summed E-state index contributed by atoms with van der Waals surface area (Å²) < 4.78 is 11.1. The third-order valence-electron chi connectivity index (χ3n) is 3.61. The molecule has 1 atom stereocenters. The number of ether oxygens (including phenoxy) is 1. The molecule has 2 aromatic carbocycles. The zero-order valence-electron chi connectivity index (χ0n) is 11.8. The van der Waals surface area contributed by atoms with Crippen molar-refractivity contribution in [3.05, 3.63) is 65.2 Å². The van der Waals surface area contributed by atoms with E-state index >= 15 is 0 Å². The number of rotatable bonds is 4. The van der Waals surface area contributed by atoms with Crippen LogP contribution in [0.3, 0.4) is 0 Å².